The van der Waals surface area contributed by atoms with Crippen molar-refractivity contribution in [1.29, 1.82) is 0 Å². The molecule has 2 N–H and O–H groups in total. The molecule has 9 heteroatoms. The number of hydrogen-bond acceptors (Lipinski definition) is 6. The van der Waals surface area contributed by atoms with Gasteiger partial charge in [-0.15, -0.1) is 0 Å². The molecule has 0 spiro atoms. The number of rotatable bonds is 9. The molecular weight excluding hydrogens is 468 g/mol. The van der Waals surface area contributed by atoms with Crippen LogP contribution in [0.2, 0.25) is 0 Å². The predicted octanol–water partition coefficient (Wildman–Crippen LogP) is 3.98. The summed E-state index contributed by atoms with van der Waals surface area (Å²) in [6.45, 7) is 1.93. The van der Waals surface area contributed by atoms with Crippen LogP contribution in [0.5, 0.6) is 5.75 Å². The lowest BCUT2D eigenvalue weighted by Gasteiger charge is -2.19. The number of benzene rings is 3. The van der Waals surface area contributed by atoms with E-state index >= 15 is 0 Å². The highest BCUT2D eigenvalue weighted by Crippen LogP contribution is 2.29. The molecule has 0 heterocycles. The van der Waals surface area contributed by atoms with Crippen molar-refractivity contribution in [1.82, 2.24) is 4.72 Å². The van der Waals surface area contributed by atoms with Crippen molar-refractivity contribution in [2.45, 2.75) is 36.8 Å². The summed E-state index contributed by atoms with van der Waals surface area (Å²) >= 11 is 0. The van der Waals surface area contributed by atoms with E-state index < -0.39 is 28.0 Å². The molecule has 4 rings (SSSR count). The van der Waals surface area contributed by atoms with Crippen molar-refractivity contribution in [3.05, 3.63) is 89.5 Å². The quantitative estimate of drug-likeness (QED) is 0.436. The van der Waals surface area contributed by atoms with Crippen molar-refractivity contribution in [3.8, 4) is 5.75 Å². The highest BCUT2D eigenvalue weighted by molar-refractivity contribution is 7.89. The molecule has 3 aromatic rings. The number of anilines is 1. The smallest absolute Gasteiger partial charge is 0.339 e. The summed E-state index contributed by atoms with van der Waals surface area (Å²) in [5.41, 5.74) is 2.05. The summed E-state index contributed by atoms with van der Waals surface area (Å²) in [5.74, 6) is -1.28. The average molecular weight is 495 g/mol. The van der Waals surface area contributed by atoms with Gasteiger partial charge in [-0.05, 0) is 50.1 Å². The maximum absolute atomic E-state index is 13.1. The second-order valence-electron chi connectivity index (χ2n) is 8.31. The zero-order chi connectivity index (χ0) is 25.0. The second-order valence-corrected chi connectivity index (χ2v) is 9.99. The van der Waals surface area contributed by atoms with Gasteiger partial charge in [0, 0.05) is 17.3 Å². The third-order valence-electron chi connectivity index (χ3n) is 5.47. The number of esters is 1. The van der Waals surface area contributed by atoms with Crippen LogP contribution in [-0.4, -0.2) is 33.4 Å². The molecule has 0 radical (unpaired) electrons. The zero-order valence-corrected chi connectivity index (χ0v) is 20.2. The highest BCUT2D eigenvalue weighted by Gasteiger charge is 2.31. The van der Waals surface area contributed by atoms with E-state index in [1.54, 1.807) is 42.5 Å². The van der Waals surface area contributed by atoms with E-state index in [1.807, 2.05) is 19.1 Å². The number of carbonyl (C=O) groups excluding carboxylic acids is 2. The third kappa shape index (κ3) is 6.06. The Morgan fingerprint density at radius 2 is 1.66 bits per heavy atom. The van der Waals surface area contributed by atoms with E-state index in [0.29, 0.717) is 11.3 Å². The van der Waals surface area contributed by atoms with Gasteiger partial charge in [-0.1, -0.05) is 48.0 Å². The van der Waals surface area contributed by atoms with Gasteiger partial charge in [-0.3, -0.25) is 4.79 Å². The number of amides is 1. The summed E-state index contributed by atoms with van der Waals surface area (Å²) in [6, 6.07) is 19.7. The van der Waals surface area contributed by atoms with Crippen LogP contribution in [0.25, 0.3) is 0 Å². The van der Waals surface area contributed by atoms with Crippen LogP contribution in [0, 0.1) is 6.92 Å². The number of methoxy groups -OCH3 is 1. The summed E-state index contributed by atoms with van der Waals surface area (Å²) < 4.78 is 39.0. The first-order valence-electron chi connectivity index (χ1n) is 11.1. The molecule has 1 amide bonds. The topological polar surface area (TPSA) is 111 Å². The first kappa shape index (κ1) is 24.4. The lowest BCUT2D eigenvalue weighted by molar-refractivity contribution is -0.125. The van der Waals surface area contributed by atoms with Gasteiger partial charge < -0.3 is 14.8 Å². The van der Waals surface area contributed by atoms with Crippen molar-refractivity contribution < 1.29 is 27.5 Å². The lowest BCUT2D eigenvalue weighted by atomic mass is 10.1. The van der Waals surface area contributed by atoms with Crippen LogP contribution in [0.15, 0.2) is 77.7 Å². The van der Waals surface area contributed by atoms with Gasteiger partial charge in [-0.25, -0.2) is 17.9 Å². The van der Waals surface area contributed by atoms with E-state index in [2.05, 4.69) is 10.0 Å². The molecule has 182 valence electrons. The van der Waals surface area contributed by atoms with Gasteiger partial charge in [-0.2, -0.15) is 0 Å². The number of aryl methyl sites for hydroxylation is 1. The normalized spacial score (nSPS) is 14.1. The fraction of sp³-hybridized carbons (Fsp3) is 0.231. The van der Waals surface area contributed by atoms with Crippen LogP contribution < -0.4 is 14.8 Å². The molecule has 8 nitrogen and oxygen atoms in total. The van der Waals surface area contributed by atoms with E-state index in [4.69, 9.17) is 9.47 Å². The minimum atomic E-state index is -3.90. The van der Waals surface area contributed by atoms with Crippen LogP contribution in [0.1, 0.15) is 40.4 Å². The summed E-state index contributed by atoms with van der Waals surface area (Å²) in [5, 5.41) is 2.76. The molecule has 1 unspecified atom stereocenters. The average Bonchev–Trinajstić information content (AvgIpc) is 3.67. The van der Waals surface area contributed by atoms with Gasteiger partial charge in [0.05, 0.1) is 12.7 Å². The first-order valence-corrected chi connectivity index (χ1v) is 12.6. The Hall–Kier alpha value is -3.69. The van der Waals surface area contributed by atoms with Gasteiger partial charge in [0.2, 0.25) is 16.1 Å². The van der Waals surface area contributed by atoms with Crippen LogP contribution in [-0.2, 0) is 19.6 Å². The lowest BCUT2D eigenvalue weighted by Crippen LogP contribution is -2.27. The van der Waals surface area contributed by atoms with Gasteiger partial charge in [0.1, 0.15) is 10.6 Å². The Kier molecular flexibility index (Phi) is 7.18. The largest absolute Gasteiger partial charge is 0.495 e. The molecule has 1 aliphatic carbocycles. The number of ether oxygens (including phenoxy) is 2. The van der Waals surface area contributed by atoms with Crippen molar-refractivity contribution in [2.24, 2.45) is 0 Å². The second kappa shape index (κ2) is 10.3. The Balaban J connectivity index is 1.60. The standard InChI is InChI=1S/C26H26N2O6S/c1-17-8-11-20(12-9-17)27-25(29)24(18-6-4-3-5-7-18)34-26(30)19-10-15-22(33-2)23(16-19)35(31,32)28-21-13-14-21/h3-12,15-16,21,24,28H,13-14H2,1-2H3,(H,27,29). The fourth-order valence-electron chi connectivity index (χ4n) is 3.42. The maximum atomic E-state index is 13.1. The van der Waals surface area contributed by atoms with Gasteiger partial charge in [0.25, 0.3) is 5.91 Å². The third-order valence-corrected chi connectivity index (χ3v) is 7.01. The number of nitrogens with one attached hydrogen (secondary N) is 2. The molecule has 1 fully saturated rings. The molecule has 0 bridgehead atoms. The van der Waals surface area contributed by atoms with Crippen molar-refractivity contribution in [2.75, 3.05) is 12.4 Å². The molecule has 0 aliphatic heterocycles. The Morgan fingerprint density at radius 3 is 2.29 bits per heavy atom. The van der Waals surface area contributed by atoms with Crippen molar-refractivity contribution >= 4 is 27.6 Å². The minimum absolute atomic E-state index is 0.0222. The summed E-state index contributed by atoms with van der Waals surface area (Å²) in [6.07, 6.45) is 0.271. The summed E-state index contributed by atoms with van der Waals surface area (Å²) in [7, 11) is -2.55. The number of carbonyl (C=O) groups is 2. The van der Waals surface area contributed by atoms with E-state index in [9.17, 15) is 18.0 Å². The highest BCUT2D eigenvalue weighted by atomic mass is 32.2. The monoisotopic (exact) mass is 494 g/mol. The molecular formula is C26H26N2O6S. The molecule has 1 aliphatic rings. The number of sulfonamides is 1. The Labute approximate surface area is 204 Å². The minimum Gasteiger partial charge on any atom is -0.495 e. The van der Waals surface area contributed by atoms with E-state index in [-0.39, 0.29) is 22.3 Å². The molecule has 1 atom stereocenters. The van der Waals surface area contributed by atoms with Crippen LogP contribution in [0.4, 0.5) is 5.69 Å². The maximum Gasteiger partial charge on any atom is 0.339 e. The van der Waals surface area contributed by atoms with E-state index in [0.717, 1.165) is 18.4 Å². The molecule has 1 saturated carbocycles. The molecule has 35 heavy (non-hydrogen) atoms. The first-order chi connectivity index (χ1) is 16.8. The Bertz CT molecular complexity index is 1320. The SMILES string of the molecule is COc1ccc(C(=O)OC(C(=O)Nc2ccc(C)cc2)c2ccccc2)cc1S(=O)(=O)NC1CC1. The van der Waals surface area contributed by atoms with Crippen LogP contribution >= 0.6 is 0 Å². The zero-order valence-electron chi connectivity index (χ0n) is 19.4. The van der Waals surface area contributed by atoms with Crippen molar-refractivity contribution in [3.63, 3.8) is 0 Å². The predicted molar refractivity (Wildman–Crippen MR) is 131 cm³/mol. The van der Waals surface area contributed by atoms with Crippen LogP contribution in [0.3, 0.4) is 0 Å². The summed E-state index contributed by atoms with van der Waals surface area (Å²) in [4.78, 5) is 26.0. The molecule has 3 aromatic carbocycles. The van der Waals surface area contributed by atoms with Gasteiger partial charge in [0.15, 0.2) is 0 Å². The van der Waals surface area contributed by atoms with Gasteiger partial charge >= 0.3 is 5.97 Å². The molecule has 0 aromatic heterocycles. The number of hydrogen-bond donors (Lipinski definition) is 2. The fourth-order valence-corrected chi connectivity index (χ4v) is 4.92. The van der Waals surface area contributed by atoms with E-state index in [1.165, 1.54) is 25.3 Å². The Morgan fingerprint density at radius 1 is 0.971 bits per heavy atom. The molecule has 0 saturated heterocycles.